The van der Waals surface area contributed by atoms with E-state index in [1.807, 2.05) is 0 Å². The summed E-state index contributed by atoms with van der Waals surface area (Å²) in [5.74, 6) is 0.612. The van der Waals surface area contributed by atoms with Crippen molar-refractivity contribution >= 4 is 17.9 Å². The number of nitrogens with zero attached hydrogens (tertiary/aromatic N) is 3. The Morgan fingerprint density at radius 1 is 1.59 bits per heavy atom. The smallest absolute Gasteiger partial charge is 0.137 e. The fraction of sp³-hybridized carbons (Fsp3) is 0.273. The van der Waals surface area contributed by atoms with E-state index in [-0.39, 0.29) is 19.0 Å². The quantitative estimate of drug-likeness (QED) is 0.897. The molecule has 0 spiro atoms. The van der Waals surface area contributed by atoms with Crippen molar-refractivity contribution in [2.45, 2.75) is 13.0 Å². The first-order valence-corrected chi connectivity index (χ1v) is 4.89. The molecule has 0 saturated carbocycles. The number of ether oxygens (including phenoxy) is 1. The highest BCUT2D eigenvalue weighted by Crippen LogP contribution is 2.15. The maximum Gasteiger partial charge on any atom is 0.137 e. The second-order valence-corrected chi connectivity index (χ2v) is 3.52. The van der Waals surface area contributed by atoms with Crippen LogP contribution in [0.1, 0.15) is 12.5 Å². The van der Waals surface area contributed by atoms with Gasteiger partial charge in [-0.2, -0.15) is 10.4 Å². The standard InChI is InChI=1S/C11H11N3O2.ClH/c1-8(15)7-16-10-2-3-11-9(4-12)5-13-14(11)6-10;/h2-3,5-6,8,15H,7H2,1H3;1H. The molecule has 6 heteroatoms. The van der Waals surface area contributed by atoms with Gasteiger partial charge in [-0.3, -0.25) is 0 Å². The molecule has 0 amide bonds. The molecule has 1 N–H and O–H groups in total. The van der Waals surface area contributed by atoms with Gasteiger partial charge >= 0.3 is 0 Å². The van der Waals surface area contributed by atoms with Crippen LogP contribution in [0.5, 0.6) is 5.75 Å². The molecule has 2 heterocycles. The van der Waals surface area contributed by atoms with Crippen LogP contribution in [0.25, 0.3) is 5.52 Å². The number of aliphatic hydroxyl groups is 1. The number of hydrogen-bond acceptors (Lipinski definition) is 4. The summed E-state index contributed by atoms with van der Waals surface area (Å²) in [6.45, 7) is 1.89. The Bertz CT molecular complexity index is 545. The average Bonchev–Trinajstić information content (AvgIpc) is 2.68. The third-order valence-corrected chi connectivity index (χ3v) is 2.10. The van der Waals surface area contributed by atoms with Crippen molar-refractivity contribution in [2.75, 3.05) is 6.61 Å². The van der Waals surface area contributed by atoms with E-state index in [9.17, 15) is 0 Å². The van der Waals surface area contributed by atoms with Gasteiger partial charge in [-0.15, -0.1) is 12.4 Å². The molecule has 0 saturated heterocycles. The van der Waals surface area contributed by atoms with Crippen LogP contribution in [0.4, 0.5) is 0 Å². The van der Waals surface area contributed by atoms with E-state index in [1.165, 1.54) is 6.20 Å². The lowest BCUT2D eigenvalue weighted by Crippen LogP contribution is -2.12. The molecule has 90 valence electrons. The average molecular weight is 254 g/mol. The number of hydrogen-bond donors (Lipinski definition) is 1. The predicted octanol–water partition coefficient (Wildman–Crippen LogP) is 1.39. The van der Waals surface area contributed by atoms with E-state index in [1.54, 1.807) is 29.8 Å². The Labute approximate surface area is 105 Å². The van der Waals surface area contributed by atoms with Gasteiger partial charge in [0, 0.05) is 0 Å². The highest BCUT2D eigenvalue weighted by atomic mass is 35.5. The van der Waals surface area contributed by atoms with Crippen molar-refractivity contribution in [3.05, 3.63) is 30.1 Å². The van der Waals surface area contributed by atoms with Crippen LogP contribution in [-0.2, 0) is 0 Å². The van der Waals surface area contributed by atoms with Crippen LogP contribution in [0.3, 0.4) is 0 Å². The minimum absolute atomic E-state index is 0. The normalized spacial score (nSPS) is 11.6. The van der Waals surface area contributed by atoms with Gasteiger partial charge in [0.25, 0.3) is 0 Å². The number of nitriles is 1. The second-order valence-electron chi connectivity index (χ2n) is 3.52. The molecular weight excluding hydrogens is 242 g/mol. The number of fused-ring (bicyclic) bond motifs is 1. The number of pyridine rings is 1. The molecular formula is C11H12ClN3O2. The van der Waals surface area contributed by atoms with Gasteiger partial charge in [-0.05, 0) is 19.1 Å². The summed E-state index contributed by atoms with van der Waals surface area (Å²) in [6, 6.07) is 5.57. The van der Waals surface area contributed by atoms with Crippen molar-refractivity contribution in [1.82, 2.24) is 9.61 Å². The maximum absolute atomic E-state index is 9.08. The molecule has 0 fully saturated rings. The molecule has 0 aliphatic rings. The molecule has 5 nitrogen and oxygen atoms in total. The predicted molar refractivity (Wildman–Crippen MR) is 64.3 cm³/mol. The van der Waals surface area contributed by atoms with Gasteiger partial charge in [0.05, 0.1) is 29.6 Å². The Hall–Kier alpha value is -1.77. The molecule has 0 aliphatic heterocycles. The molecule has 1 atom stereocenters. The lowest BCUT2D eigenvalue weighted by Gasteiger charge is -2.07. The zero-order valence-electron chi connectivity index (χ0n) is 9.20. The van der Waals surface area contributed by atoms with Crippen LogP contribution in [0.2, 0.25) is 0 Å². The SMILES string of the molecule is CC(O)COc1ccc2c(C#N)cnn2c1.Cl. The third-order valence-electron chi connectivity index (χ3n) is 2.10. The highest BCUT2D eigenvalue weighted by Gasteiger charge is 2.04. The topological polar surface area (TPSA) is 70.5 Å². The summed E-state index contributed by atoms with van der Waals surface area (Å²) in [7, 11) is 0. The van der Waals surface area contributed by atoms with Crippen molar-refractivity contribution in [1.29, 1.82) is 5.26 Å². The van der Waals surface area contributed by atoms with Crippen LogP contribution >= 0.6 is 12.4 Å². The zero-order valence-corrected chi connectivity index (χ0v) is 10.0. The van der Waals surface area contributed by atoms with Crippen molar-refractivity contribution < 1.29 is 9.84 Å². The Balaban J connectivity index is 0.00000144. The summed E-state index contributed by atoms with van der Waals surface area (Å²) < 4.78 is 6.90. The monoisotopic (exact) mass is 253 g/mol. The van der Waals surface area contributed by atoms with Gasteiger partial charge in [-0.25, -0.2) is 4.52 Å². The fourth-order valence-electron chi connectivity index (χ4n) is 1.35. The molecule has 0 aromatic carbocycles. The van der Waals surface area contributed by atoms with Gasteiger partial charge in [0.2, 0.25) is 0 Å². The van der Waals surface area contributed by atoms with E-state index in [4.69, 9.17) is 15.1 Å². The summed E-state index contributed by atoms with van der Waals surface area (Å²) in [5.41, 5.74) is 1.27. The summed E-state index contributed by atoms with van der Waals surface area (Å²) in [4.78, 5) is 0. The second kappa shape index (κ2) is 5.53. The van der Waals surface area contributed by atoms with Gasteiger partial charge in [0.15, 0.2) is 0 Å². The Morgan fingerprint density at radius 3 is 3.00 bits per heavy atom. The Kier molecular flexibility index (Phi) is 4.32. The van der Waals surface area contributed by atoms with Crippen LogP contribution in [0, 0.1) is 11.3 Å². The van der Waals surface area contributed by atoms with Crippen molar-refractivity contribution in [3.8, 4) is 11.8 Å². The summed E-state index contributed by atoms with van der Waals surface area (Å²) in [5, 5.41) is 21.9. The molecule has 17 heavy (non-hydrogen) atoms. The molecule has 0 radical (unpaired) electrons. The van der Waals surface area contributed by atoms with E-state index >= 15 is 0 Å². The first kappa shape index (κ1) is 13.3. The number of aliphatic hydroxyl groups excluding tert-OH is 1. The van der Waals surface area contributed by atoms with Crippen molar-refractivity contribution in [2.24, 2.45) is 0 Å². The molecule has 2 aromatic heterocycles. The van der Waals surface area contributed by atoms with Gasteiger partial charge in [0.1, 0.15) is 18.4 Å². The first-order chi connectivity index (χ1) is 7.70. The lowest BCUT2D eigenvalue weighted by atomic mass is 10.3. The highest BCUT2D eigenvalue weighted by molar-refractivity contribution is 5.85. The minimum atomic E-state index is -0.511. The maximum atomic E-state index is 9.08. The number of halogens is 1. The third kappa shape index (κ3) is 2.87. The first-order valence-electron chi connectivity index (χ1n) is 4.89. The molecule has 0 aliphatic carbocycles. The zero-order chi connectivity index (χ0) is 11.5. The van der Waals surface area contributed by atoms with Crippen LogP contribution in [-0.4, -0.2) is 27.4 Å². The largest absolute Gasteiger partial charge is 0.489 e. The molecule has 0 bridgehead atoms. The van der Waals surface area contributed by atoms with Crippen LogP contribution in [0.15, 0.2) is 24.5 Å². The Morgan fingerprint density at radius 2 is 2.35 bits per heavy atom. The van der Waals surface area contributed by atoms with Crippen molar-refractivity contribution in [3.63, 3.8) is 0 Å². The fourth-order valence-corrected chi connectivity index (χ4v) is 1.35. The van der Waals surface area contributed by atoms with Gasteiger partial charge in [-0.1, -0.05) is 0 Å². The van der Waals surface area contributed by atoms with Gasteiger partial charge < -0.3 is 9.84 Å². The van der Waals surface area contributed by atoms with E-state index < -0.39 is 6.10 Å². The molecule has 2 rings (SSSR count). The van der Waals surface area contributed by atoms with Crippen LogP contribution < -0.4 is 4.74 Å². The van der Waals surface area contributed by atoms with E-state index in [2.05, 4.69) is 11.2 Å². The number of rotatable bonds is 3. The summed E-state index contributed by atoms with van der Waals surface area (Å²) >= 11 is 0. The number of aromatic nitrogens is 2. The van der Waals surface area contributed by atoms with E-state index in [0.29, 0.717) is 11.3 Å². The van der Waals surface area contributed by atoms with E-state index in [0.717, 1.165) is 5.52 Å². The molecule has 2 aromatic rings. The minimum Gasteiger partial charge on any atom is -0.489 e. The molecule has 1 unspecified atom stereocenters. The summed E-state index contributed by atoms with van der Waals surface area (Å²) in [6.07, 6.45) is 2.68. The lowest BCUT2D eigenvalue weighted by molar-refractivity contribution is 0.122.